The van der Waals surface area contributed by atoms with Crippen LogP contribution in [0.25, 0.3) is 0 Å². The van der Waals surface area contributed by atoms with Crippen LogP contribution in [0, 0.1) is 0 Å². The summed E-state index contributed by atoms with van der Waals surface area (Å²) in [6.07, 6.45) is 1.15. The molecule has 1 unspecified atom stereocenters. The lowest BCUT2D eigenvalue weighted by molar-refractivity contribution is 0.843. The van der Waals surface area contributed by atoms with E-state index < -0.39 is 0 Å². The van der Waals surface area contributed by atoms with E-state index in [4.69, 9.17) is 11.6 Å². The molecule has 0 spiro atoms. The Hall–Kier alpha value is -0.190. The molecular formula is C11H12BrClN2S. The zero-order chi connectivity index (χ0) is 11.5. The molecule has 1 heterocycles. The molecule has 5 heteroatoms. The normalized spacial score (nSPS) is 19.7. The van der Waals surface area contributed by atoms with E-state index in [1.165, 1.54) is 0 Å². The van der Waals surface area contributed by atoms with Crippen molar-refractivity contribution in [1.29, 1.82) is 0 Å². The highest BCUT2D eigenvalue weighted by atomic mass is 79.9. The van der Waals surface area contributed by atoms with E-state index in [-0.39, 0.29) is 0 Å². The number of rotatable bonds is 2. The van der Waals surface area contributed by atoms with Gasteiger partial charge in [0.2, 0.25) is 0 Å². The van der Waals surface area contributed by atoms with Gasteiger partial charge in [-0.05, 0) is 40.5 Å². The van der Waals surface area contributed by atoms with E-state index >= 15 is 0 Å². The highest BCUT2D eigenvalue weighted by Gasteiger charge is 2.18. The van der Waals surface area contributed by atoms with Gasteiger partial charge in [-0.25, -0.2) is 0 Å². The molecule has 1 aromatic carbocycles. The second-order valence-electron chi connectivity index (χ2n) is 3.54. The van der Waals surface area contributed by atoms with Crippen molar-refractivity contribution in [2.45, 2.75) is 18.6 Å². The third kappa shape index (κ3) is 2.93. The molecule has 1 aliphatic heterocycles. The number of anilines is 1. The number of hydrogen-bond acceptors (Lipinski definition) is 3. The highest BCUT2D eigenvalue weighted by Crippen LogP contribution is 2.29. The first kappa shape index (κ1) is 12.3. The van der Waals surface area contributed by atoms with Gasteiger partial charge >= 0.3 is 0 Å². The van der Waals surface area contributed by atoms with Crippen LogP contribution in [-0.4, -0.2) is 17.0 Å². The lowest BCUT2D eigenvalue weighted by atomic mass is 10.3. The van der Waals surface area contributed by atoms with E-state index in [1.807, 2.05) is 18.2 Å². The fourth-order valence-electron chi connectivity index (χ4n) is 1.41. The Morgan fingerprint density at radius 2 is 2.44 bits per heavy atom. The second-order valence-corrected chi connectivity index (χ2v) is 6.12. The Morgan fingerprint density at radius 3 is 3.12 bits per heavy atom. The van der Waals surface area contributed by atoms with Gasteiger partial charge in [0.1, 0.15) is 0 Å². The molecule has 0 aliphatic carbocycles. The van der Waals surface area contributed by atoms with Crippen molar-refractivity contribution in [1.82, 2.24) is 0 Å². The SMILES string of the molecule is CCC1CN=C(Nc2cc(Cl)ccc2Br)S1. The predicted octanol–water partition coefficient (Wildman–Crippen LogP) is 4.40. The van der Waals surface area contributed by atoms with Crippen LogP contribution in [0.5, 0.6) is 0 Å². The Balaban J connectivity index is 2.07. The Morgan fingerprint density at radius 1 is 1.62 bits per heavy atom. The molecule has 2 nitrogen and oxygen atoms in total. The Labute approximate surface area is 113 Å². The van der Waals surface area contributed by atoms with Crippen molar-refractivity contribution >= 4 is 50.1 Å². The summed E-state index contributed by atoms with van der Waals surface area (Å²) in [6, 6.07) is 5.69. The van der Waals surface area contributed by atoms with Crippen molar-refractivity contribution in [3.63, 3.8) is 0 Å². The van der Waals surface area contributed by atoms with Crippen molar-refractivity contribution < 1.29 is 0 Å². The molecule has 0 aromatic heterocycles. The van der Waals surface area contributed by atoms with Crippen molar-refractivity contribution in [3.8, 4) is 0 Å². The van der Waals surface area contributed by atoms with Crippen molar-refractivity contribution in [2.75, 3.05) is 11.9 Å². The molecule has 1 aliphatic rings. The fourth-order valence-corrected chi connectivity index (χ4v) is 2.87. The summed E-state index contributed by atoms with van der Waals surface area (Å²) in [4.78, 5) is 4.46. The van der Waals surface area contributed by atoms with Crippen LogP contribution in [0.2, 0.25) is 5.02 Å². The van der Waals surface area contributed by atoms with Gasteiger partial charge in [0.25, 0.3) is 0 Å². The summed E-state index contributed by atoms with van der Waals surface area (Å²) < 4.78 is 1.00. The fraction of sp³-hybridized carbons (Fsp3) is 0.364. The van der Waals surface area contributed by atoms with E-state index in [2.05, 4.69) is 33.2 Å². The monoisotopic (exact) mass is 318 g/mol. The maximum absolute atomic E-state index is 5.95. The first-order chi connectivity index (χ1) is 7.69. The molecule has 16 heavy (non-hydrogen) atoms. The molecule has 1 N–H and O–H groups in total. The molecule has 0 bridgehead atoms. The largest absolute Gasteiger partial charge is 0.334 e. The third-order valence-corrected chi connectivity index (χ3v) is 4.54. The summed E-state index contributed by atoms with van der Waals surface area (Å²) in [6.45, 7) is 3.09. The highest BCUT2D eigenvalue weighted by molar-refractivity contribution is 9.10. The van der Waals surface area contributed by atoms with Crippen LogP contribution in [-0.2, 0) is 0 Å². The van der Waals surface area contributed by atoms with Crippen LogP contribution < -0.4 is 5.32 Å². The summed E-state index contributed by atoms with van der Waals surface area (Å²) >= 11 is 11.2. The van der Waals surface area contributed by atoms with Gasteiger partial charge in [-0.2, -0.15) is 0 Å². The topological polar surface area (TPSA) is 24.4 Å². The summed E-state index contributed by atoms with van der Waals surface area (Å²) in [5.41, 5.74) is 0.968. The van der Waals surface area contributed by atoms with Crippen molar-refractivity contribution in [3.05, 3.63) is 27.7 Å². The number of amidine groups is 1. The lowest BCUT2D eigenvalue weighted by Gasteiger charge is -2.09. The second kappa shape index (κ2) is 5.43. The third-order valence-electron chi connectivity index (χ3n) is 2.34. The minimum atomic E-state index is 0.612. The lowest BCUT2D eigenvalue weighted by Crippen LogP contribution is -2.07. The van der Waals surface area contributed by atoms with E-state index in [1.54, 1.807) is 11.8 Å². The molecule has 2 rings (SSSR count). The molecule has 0 saturated heterocycles. The minimum absolute atomic E-state index is 0.612. The first-order valence-electron chi connectivity index (χ1n) is 5.12. The molecule has 0 radical (unpaired) electrons. The molecule has 0 amide bonds. The summed E-state index contributed by atoms with van der Waals surface area (Å²) in [7, 11) is 0. The zero-order valence-corrected chi connectivity index (χ0v) is 12.0. The van der Waals surface area contributed by atoms with E-state index in [9.17, 15) is 0 Å². The van der Waals surface area contributed by atoms with E-state index in [0.29, 0.717) is 5.25 Å². The Kier molecular flexibility index (Phi) is 4.16. The number of hydrogen-bond donors (Lipinski definition) is 1. The van der Waals surface area contributed by atoms with Gasteiger partial charge in [0, 0.05) is 14.7 Å². The minimum Gasteiger partial charge on any atom is -0.334 e. The molecule has 1 aromatic rings. The van der Waals surface area contributed by atoms with Crippen LogP contribution >= 0.6 is 39.3 Å². The summed E-state index contributed by atoms with van der Waals surface area (Å²) in [5.74, 6) is 0. The van der Waals surface area contributed by atoms with Gasteiger partial charge in [-0.1, -0.05) is 30.3 Å². The number of aliphatic imine (C=N–C) groups is 1. The average molecular weight is 320 g/mol. The standard InChI is InChI=1S/C11H12BrClN2S/c1-2-8-6-14-11(16-8)15-10-5-7(13)3-4-9(10)12/h3-5,8H,2,6H2,1H3,(H,14,15). The molecule has 0 saturated carbocycles. The average Bonchev–Trinajstić information content (AvgIpc) is 2.71. The first-order valence-corrected chi connectivity index (χ1v) is 7.17. The van der Waals surface area contributed by atoms with Crippen LogP contribution in [0.15, 0.2) is 27.7 Å². The maximum atomic E-state index is 5.95. The van der Waals surface area contributed by atoms with Crippen LogP contribution in [0.4, 0.5) is 5.69 Å². The number of thioether (sulfide) groups is 1. The quantitative estimate of drug-likeness (QED) is 0.874. The number of nitrogens with one attached hydrogen (secondary N) is 1. The maximum Gasteiger partial charge on any atom is 0.161 e. The number of benzene rings is 1. The van der Waals surface area contributed by atoms with E-state index in [0.717, 1.165) is 33.3 Å². The van der Waals surface area contributed by atoms with Crippen LogP contribution in [0.3, 0.4) is 0 Å². The van der Waals surface area contributed by atoms with Gasteiger partial charge in [0.15, 0.2) is 5.17 Å². The van der Waals surface area contributed by atoms with Crippen LogP contribution in [0.1, 0.15) is 13.3 Å². The molecule has 0 fully saturated rings. The number of nitrogens with zero attached hydrogens (tertiary/aromatic N) is 1. The molecular weight excluding hydrogens is 308 g/mol. The predicted molar refractivity (Wildman–Crippen MR) is 76.7 cm³/mol. The Bertz CT molecular complexity index is 422. The van der Waals surface area contributed by atoms with Gasteiger partial charge in [-0.3, -0.25) is 4.99 Å². The molecule has 1 atom stereocenters. The summed E-state index contributed by atoms with van der Waals surface area (Å²) in [5, 5.41) is 5.61. The van der Waals surface area contributed by atoms with Gasteiger partial charge < -0.3 is 5.32 Å². The smallest absolute Gasteiger partial charge is 0.161 e. The zero-order valence-electron chi connectivity index (χ0n) is 8.84. The van der Waals surface area contributed by atoms with Crippen molar-refractivity contribution in [2.24, 2.45) is 4.99 Å². The van der Waals surface area contributed by atoms with Gasteiger partial charge in [0.05, 0.1) is 12.2 Å². The molecule has 86 valence electrons. The number of halogens is 2. The van der Waals surface area contributed by atoms with Gasteiger partial charge in [-0.15, -0.1) is 0 Å².